The van der Waals surface area contributed by atoms with E-state index in [0.29, 0.717) is 28.3 Å². The molecule has 0 radical (unpaired) electrons. The summed E-state index contributed by atoms with van der Waals surface area (Å²) in [5, 5.41) is 2.60. The first-order valence-corrected chi connectivity index (χ1v) is 12.7. The van der Waals surface area contributed by atoms with E-state index in [1.54, 1.807) is 36.4 Å². The van der Waals surface area contributed by atoms with Gasteiger partial charge >= 0.3 is 6.09 Å². The van der Waals surface area contributed by atoms with Crippen LogP contribution in [0.25, 0.3) is 0 Å². The van der Waals surface area contributed by atoms with E-state index in [9.17, 15) is 14.4 Å². The highest BCUT2D eigenvalue weighted by atomic mass is 16.5. The van der Waals surface area contributed by atoms with E-state index in [2.05, 4.69) is 5.32 Å². The monoisotopic (exact) mass is 533 g/mol. The highest BCUT2D eigenvalue weighted by Gasteiger charge is 2.34. The van der Waals surface area contributed by atoms with Gasteiger partial charge in [-0.15, -0.1) is 0 Å². The lowest BCUT2D eigenvalue weighted by molar-refractivity contribution is -0.120. The number of hydrogen-bond donors (Lipinski definition) is 1. The molecule has 5 rings (SSSR count). The van der Waals surface area contributed by atoms with E-state index >= 15 is 0 Å². The molecule has 4 aromatic rings. The Morgan fingerprint density at radius 2 is 1.50 bits per heavy atom. The number of rotatable bonds is 8. The Kier molecular flexibility index (Phi) is 7.97. The number of benzene rings is 4. The lowest BCUT2D eigenvalue weighted by Gasteiger charge is -2.25. The fourth-order valence-electron chi connectivity index (χ4n) is 4.49. The van der Waals surface area contributed by atoms with Crippen LogP contribution in [-0.2, 0) is 16.1 Å². The van der Waals surface area contributed by atoms with Gasteiger partial charge < -0.3 is 14.4 Å². The number of nitrogens with zero attached hydrogens (tertiary/aromatic N) is 2. The van der Waals surface area contributed by atoms with Crippen molar-refractivity contribution in [3.05, 3.63) is 131 Å². The number of nitrogens with one attached hydrogen (secondary N) is 1. The second-order valence-electron chi connectivity index (χ2n) is 9.02. The van der Waals surface area contributed by atoms with Crippen LogP contribution in [0.3, 0.4) is 0 Å². The number of carbonyl (C=O) groups excluding carboxylic acids is 3. The van der Waals surface area contributed by atoms with Crippen LogP contribution in [0.15, 0.2) is 114 Å². The summed E-state index contributed by atoms with van der Waals surface area (Å²) in [5.74, 6) is -0.490. The standard InChI is InChI=1S/C32H27N3O5/c1-39-28-19-11-9-17-25(28)27(36)20-35-26-18-10-8-16-24(26)29(23-14-6-3-7-15-23)33-30(31(35)37)34-32(38)40-21-22-12-4-2-5-13-22/h2-19,30H,20-21H2,1H3,(H,34,38)/t30-/m1/s1. The van der Waals surface area contributed by atoms with Gasteiger partial charge in [-0.3, -0.25) is 14.9 Å². The smallest absolute Gasteiger partial charge is 0.409 e. The molecule has 1 aliphatic heterocycles. The molecule has 8 nitrogen and oxygen atoms in total. The summed E-state index contributed by atoms with van der Waals surface area (Å²) in [6.07, 6.45) is -2.14. The van der Waals surface area contributed by atoms with Crippen LogP contribution < -0.4 is 15.0 Å². The molecule has 2 amide bonds. The number of carbonyl (C=O) groups is 3. The molecule has 0 saturated heterocycles. The van der Waals surface area contributed by atoms with Gasteiger partial charge in [0, 0.05) is 11.1 Å². The minimum atomic E-state index is -1.34. The molecule has 40 heavy (non-hydrogen) atoms. The number of aliphatic imine (C=N–C) groups is 1. The van der Waals surface area contributed by atoms with Gasteiger partial charge in [-0.25, -0.2) is 9.79 Å². The normalized spacial score (nSPS) is 14.4. The van der Waals surface area contributed by atoms with Crippen LogP contribution in [0.5, 0.6) is 5.75 Å². The highest BCUT2D eigenvalue weighted by Crippen LogP contribution is 2.29. The Hall–Kier alpha value is -5.24. The van der Waals surface area contributed by atoms with Crippen LogP contribution >= 0.6 is 0 Å². The van der Waals surface area contributed by atoms with Crippen molar-refractivity contribution in [2.45, 2.75) is 12.8 Å². The van der Waals surface area contributed by atoms with Crippen molar-refractivity contribution in [1.29, 1.82) is 0 Å². The number of alkyl carbamates (subject to hydrolysis) is 1. The Bertz CT molecular complexity index is 1550. The highest BCUT2D eigenvalue weighted by molar-refractivity contribution is 6.21. The van der Waals surface area contributed by atoms with E-state index in [1.165, 1.54) is 12.0 Å². The van der Waals surface area contributed by atoms with Gasteiger partial charge in [0.2, 0.25) is 6.17 Å². The molecule has 0 fully saturated rings. The average Bonchev–Trinajstić information content (AvgIpc) is 3.11. The molecule has 0 aromatic heterocycles. The number of para-hydroxylation sites is 2. The summed E-state index contributed by atoms with van der Waals surface area (Å²) in [7, 11) is 1.49. The number of hydrogen-bond acceptors (Lipinski definition) is 6. The zero-order chi connectivity index (χ0) is 27.9. The zero-order valence-electron chi connectivity index (χ0n) is 21.8. The molecule has 1 N–H and O–H groups in total. The average molecular weight is 534 g/mol. The molecule has 1 atom stereocenters. The predicted molar refractivity (Wildman–Crippen MR) is 152 cm³/mol. The van der Waals surface area contributed by atoms with Gasteiger partial charge in [0.15, 0.2) is 5.78 Å². The number of ether oxygens (including phenoxy) is 2. The molecule has 1 heterocycles. The van der Waals surface area contributed by atoms with Gasteiger partial charge in [0.25, 0.3) is 5.91 Å². The van der Waals surface area contributed by atoms with Crippen LogP contribution in [0, 0.1) is 0 Å². The number of amides is 2. The molecule has 200 valence electrons. The third-order valence-electron chi connectivity index (χ3n) is 6.43. The molecule has 8 heteroatoms. The van der Waals surface area contributed by atoms with Crippen molar-refractivity contribution in [1.82, 2.24) is 5.32 Å². The van der Waals surface area contributed by atoms with E-state index in [-0.39, 0.29) is 18.9 Å². The van der Waals surface area contributed by atoms with Crippen molar-refractivity contribution >= 4 is 29.2 Å². The van der Waals surface area contributed by atoms with Gasteiger partial charge in [-0.1, -0.05) is 91.0 Å². The topological polar surface area (TPSA) is 97.3 Å². The van der Waals surface area contributed by atoms with Crippen molar-refractivity contribution < 1.29 is 23.9 Å². The van der Waals surface area contributed by atoms with E-state index in [1.807, 2.05) is 72.8 Å². The fraction of sp³-hybridized carbons (Fsp3) is 0.125. The van der Waals surface area contributed by atoms with Crippen molar-refractivity contribution in [3.8, 4) is 5.75 Å². The Morgan fingerprint density at radius 1 is 0.850 bits per heavy atom. The van der Waals surface area contributed by atoms with Crippen LogP contribution in [0.2, 0.25) is 0 Å². The van der Waals surface area contributed by atoms with Gasteiger partial charge in [-0.05, 0) is 23.8 Å². The van der Waals surface area contributed by atoms with Crippen LogP contribution in [0.4, 0.5) is 10.5 Å². The predicted octanol–water partition coefficient (Wildman–Crippen LogP) is 5.01. The summed E-state index contributed by atoms with van der Waals surface area (Å²) in [5.41, 5.74) is 3.55. The van der Waals surface area contributed by atoms with Gasteiger partial charge in [0.05, 0.1) is 30.6 Å². The number of fused-ring (bicyclic) bond motifs is 1. The lowest BCUT2D eigenvalue weighted by Crippen LogP contribution is -2.49. The maximum atomic E-state index is 14.0. The summed E-state index contributed by atoms with van der Waals surface area (Å²) in [6, 6.07) is 32.6. The maximum Gasteiger partial charge on any atom is 0.409 e. The van der Waals surface area contributed by atoms with Crippen molar-refractivity contribution in [2.75, 3.05) is 18.6 Å². The Labute approximate surface area is 231 Å². The minimum Gasteiger partial charge on any atom is -0.496 e. The van der Waals surface area contributed by atoms with E-state index in [0.717, 1.165) is 11.1 Å². The van der Waals surface area contributed by atoms with Crippen molar-refractivity contribution in [3.63, 3.8) is 0 Å². The largest absolute Gasteiger partial charge is 0.496 e. The third-order valence-corrected chi connectivity index (χ3v) is 6.43. The Morgan fingerprint density at radius 3 is 2.25 bits per heavy atom. The zero-order valence-corrected chi connectivity index (χ0v) is 21.8. The van der Waals surface area contributed by atoms with Gasteiger partial charge in [0.1, 0.15) is 12.4 Å². The molecule has 0 spiro atoms. The number of anilines is 1. The lowest BCUT2D eigenvalue weighted by atomic mass is 10.00. The molecule has 0 saturated carbocycles. The number of Topliss-reactive ketones (excluding diaryl/α,β-unsaturated/α-hetero) is 1. The van der Waals surface area contributed by atoms with Gasteiger partial charge in [-0.2, -0.15) is 0 Å². The molecule has 0 bridgehead atoms. The third kappa shape index (κ3) is 5.76. The Balaban J connectivity index is 1.51. The summed E-state index contributed by atoms with van der Waals surface area (Å²) < 4.78 is 10.7. The number of ketones is 1. The summed E-state index contributed by atoms with van der Waals surface area (Å²) in [4.78, 5) is 46.4. The first kappa shape index (κ1) is 26.4. The van der Waals surface area contributed by atoms with Crippen LogP contribution in [0.1, 0.15) is 27.0 Å². The second-order valence-corrected chi connectivity index (χ2v) is 9.02. The molecule has 0 aliphatic carbocycles. The first-order valence-electron chi connectivity index (χ1n) is 12.7. The minimum absolute atomic E-state index is 0.0269. The summed E-state index contributed by atoms with van der Waals surface area (Å²) >= 11 is 0. The molecular formula is C32H27N3O5. The summed E-state index contributed by atoms with van der Waals surface area (Å²) in [6.45, 7) is -0.260. The maximum absolute atomic E-state index is 14.0. The SMILES string of the molecule is COc1ccccc1C(=O)CN1C(=O)[C@@H](NC(=O)OCc2ccccc2)N=C(c2ccccc2)c2ccccc21. The number of benzodiazepines with no additional fused rings is 1. The first-order chi connectivity index (χ1) is 19.5. The molecule has 0 unspecified atom stereocenters. The molecule has 1 aliphatic rings. The molecule has 4 aromatic carbocycles. The van der Waals surface area contributed by atoms with E-state index < -0.39 is 18.2 Å². The van der Waals surface area contributed by atoms with Crippen LogP contribution in [-0.4, -0.2) is 43.3 Å². The number of methoxy groups -OCH3 is 1. The fourth-order valence-corrected chi connectivity index (χ4v) is 4.49. The van der Waals surface area contributed by atoms with Crippen molar-refractivity contribution in [2.24, 2.45) is 4.99 Å². The molecular weight excluding hydrogens is 506 g/mol. The quantitative estimate of drug-likeness (QED) is 0.321. The second kappa shape index (κ2) is 12.1. The van der Waals surface area contributed by atoms with E-state index in [4.69, 9.17) is 14.5 Å².